The van der Waals surface area contributed by atoms with Crippen LogP contribution in [0.25, 0.3) is 0 Å². The molecule has 22 heavy (non-hydrogen) atoms. The number of carbonyl (C=O) groups is 1. The van der Waals surface area contributed by atoms with E-state index >= 15 is 0 Å². The van der Waals surface area contributed by atoms with Gasteiger partial charge < -0.3 is 19.7 Å². The van der Waals surface area contributed by atoms with Gasteiger partial charge in [-0.3, -0.25) is 0 Å². The first-order chi connectivity index (χ1) is 10.6. The molecule has 4 rings (SSSR count). The van der Waals surface area contributed by atoms with Crippen LogP contribution in [0.2, 0.25) is 0 Å². The van der Waals surface area contributed by atoms with Crippen molar-refractivity contribution < 1.29 is 14.3 Å². The van der Waals surface area contributed by atoms with Crippen molar-refractivity contribution in [1.29, 1.82) is 0 Å². The molecule has 1 N–H and O–H groups in total. The zero-order valence-corrected chi connectivity index (χ0v) is 13.6. The molecule has 0 spiro atoms. The number of urea groups is 1. The summed E-state index contributed by atoms with van der Waals surface area (Å²) in [5.74, 6) is 0.680. The second-order valence-electron chi connectivity index (χ2n) is 7.79. The standard InChI is InChI=1S/C17H28N2O3/c1-16(21-9-10-22-16)14-3-2-8-19(11-14)15(20)18-12-17(6-7-17)13-4-5-13/h13-14H,2-12H2,1H3,(H,18,20)/t14-/m1/s1. The first-order valence-corrected chi connectivity index (χ1v) is 8.92. The highest BCUT2D eigenvalue weighted by Crippen LogP contribution is 2.60. The van der Waals surface area contributed by atoms with Gasteiger partial charge in [-0.25, -0.2) is 4.79 Å². The van der Waals surface area contributed by atoms with E-state index in [1.165, 1.54) is 25.7 Å². The van der Waals surface area contributed by atoms with Crippen molar-refractivity contribution in [3.05, 3.63) is 0 Å². The molecule has 0 aromatic carbocycles. The molecule has 4 fully saturated rings. The van der Waals surface area contributed by atoms with Gasteiger partial charge in [0.1, 0.15) is 0 Å². The van der Waals surface area contributed by atoms with Crippen LogP contribution in [-0.2, 0) is 9.47 Å². The summed E-state index contributed by atoms with van der Waals surface area (Å²) in [6, 6.07) is 0.109. The molecule has 2 amide bonds. The Bertz CT molecular complexity index is 439. The van der Waals surface area contributed by atoms with Gasteiger partial charge in [0, 0.05) is 25.6 Å². The van der Waals surface area contributed by atoms with Crippen LogP contribution in [0.4, 0.5) is 4.79 Å². The molecule has 0 unspecified atom stereocenters. The SMILES string of the molecule is CC1([C@@H]2CCCN(C(=O)NCC3(C4CC4)CC3)C2)OCCO1. The van der Waals surface area contributed by atoms with Crippen molar-refractivity contribution in [3.63, 3.8) is 0 Å². The lowest BCUT2D eigenvalue weighted by Crippen LogP contribution is -2.52. The van der Waals surface area contributed by atoms with E-state index in [2.05, 4.69) is 5.32 Å². The van der Waals surface area contributed by atoms with Crippen LogP contribution in [-0.4, -0.2) is 49.6 Å². The minimum absolute atomic E-state index is 0.109. The third-order valence-corrected chi connectivity index (χ3v) is 6.24. The topological polar surface area (TPSA) is 50.8 Å². The second-order valence-corrected chi connectivity index (χ2v) is 7.79. The summed E-state index contributed by atoms with van der Waals surface area (Å²) in [4.78, 5) is 14.5. The molecule has 2 saturated heterocycles. The van der Waals surface area contributed by atoms with Crippen molar-refractivity contribution in [2.24, 2.45) is 17.3 Å². The highest BCUT2D eigenvalue weighted by molar-refractivity contribution is 5.74. The molecular weight excluding hydrogens is 280 g/mol. The highest BCUT2D eigenvalue weighted by Gasteiger charge is 2.53. The Hall–Kier alpha value is -0.810. The predicted molar refractivity (Wildman–Crippen MR) is 82.4 cm³/mol. The Balaban J connectivity index is 1.30. The van der Waals surface area contributed by atoms with Gasteiger partial charge in [-0.15, -0.1) is 0 Å². The van der Waals surface area contributed by atoms with Gasteiger partial charge in [-0.05, 0) is 56.8 Å². The molecular formula is C17H28N2O3. The molecule has 0 aromatic heterocycles. The molecule has 4 aliphatic rings. The molecule has 5 nitrogen and oxygen atoms in total. The van der Waals surface area contributed by atoms with Gasteiger partial charge in [-0.2, -0.15) is 0 Å². The van der Waals surface area contributed by atoms with E-state index in [0.717, 1.165) is 38.4 Å². The van der Waals surface area contributed by atoms with Crippen LogP contribution >= 0.6 is 0 Å². The van der Waals surface area contributed by atoms with E-state index in [9.17, 15) is 4.79 Å². The molecule has 124 valence electrons. The summed E-state index contributed by atoms with van der Waals surface area (Å²) in [5, 5.41) is 3.21. The number of nitrogens with one attached hydrogen (secondary N) is 1. The summed E-state index contributed by atoms with van der Waals surface area (Å²) in [7, 11) is 0. The minimum Gasteiger partial charge on any atom is -0.347 e. The van der Waals surface area contributed by atoms with E-state index in [0.29, 0.717) is 18.6 Å². The Morgan fingerprint density at radius 3 is 2.55 bits per heavy atom. The molecule has 0 aromatic rings. The number of likely N-dealkylation sites (tertiary alicyclic amines) is 1. The number of piperidine rings is 1. The normalized spacial score (nSPS) is 32.8. The zero-order chi connectivity index (χ0) is 15.2. The van der Waals surface area contributed by atoms with Gasteiger partial charge in [-0.1, -0.05) is 0 Å². The molecule has 2 saturated carbocycles. The van der Waals surface area contributed by atoms with Gasteiger partial charge in [0.05, 0.1) is 13.2 Å². The number of hydrogen-bond donors (Lipinski definition) is 1. The van der Waals surface area contributed by atoms with E-state index in [4.69, 9.17) is 9.47 Å². The maximum Gasteiger partial charge on any atom is 0.317 e. The smallest absolute Gasteiger partial charge is 0.317 e. The predicted octanol–water partition coefficient (Wildman–Crippen LogP) is 2.36. The largest absolute Gasteiger partial charge is 0.347 e. The third-order valence-electron chi connectivity index (χ3n) is 6.24. The Morgan fingerprint density at radius 1 is 1.18 bits per heavy atom. The fraction of sp³-hybridized carbons (Fsp3) is 0.941. The van der Waals surface area contributed by atoms with Gasteiger partial charge >= 0.3 is 6.03 Å². The number of nitrogens with zero attached hydrogens (tertiary/aromatic N) is 1. The Kier molecular flexibility index (Phi) is 3.61. The molecule has 2 heterocycles. The number of carbonyl (C=O) groups excluding carboxylic acids is 1. The highest BCUT2D eigenvalue weighted by atomic mass is 16.7. The number of rotatable bonds is 4. The zero-order valence-electron chi connectivity index (χ0n) is 13.6. The number of amides is 2. The van der Waals surface area contributed by atoms with Crippen LogP contribution in [0.3, 0.4) is 0 Å². The van der Waals surface area contributed by atoms with Gasteiger partial charge in [0.25, 0.3) is 0 Å². The van der Waals surface area contributed by atoms with Crippen LogP contribution in [0.15, 0.2) is 0 Å². The van der Waals surface area contributed by atoms with Gasteiger partial charge in [0.15, 0.2) is 5.79 Å². The summed E-state index contributed by atoms with van der Waals surface area (Å²) in [5.41, 5.74) is 0.467. The van der Waals surface area contributed by atoms with Crippen molar-refractivity contribution >= 4 is 6.03 Å². The minimum atomic E-state index is -0.495. The van der Waals surface area contributed by atoms with Crippen LogP contribution < -0.4 is 5.32 Å². The first kappa shape index (κ1) is 14.8. The second kappa shape index (κ2) is 5.38. The summed E-state index contributed by atoms with van der Waals surface area (Å²) in [6.45, 7) is 5.85. The van der Waals surface area contributed by atoms with E-state index < -0.39 is 5.79 Å². The molecule has 5 heteroatoms. The van der Waals surface area contributed by atoms with Crippen molar-refractivity contribution in [1.82, 2.24) is 10.2 Å². The number of hydrogen-bond acceptors (Lipinski definition) is 3. The molecule has 0 radical (unpaired) electrons. The Labute approximate surface area is 132 Å². The van der Waals surface area contributed by atoms with Crippen molar-refractivity contribution in [3.8, 4) is 0 Å². The summed E-state index contributed by atoms with van der Waals surface area (Å²) < 4.78 is 11.6. The molecule has 2 aliphatic carbocycles. The van der Waals surface area contributed by atoms with E-state index in [-0.39, 0.29) is 11.9 Å². The van der Waals surface area contributed by atoms with E-state index in [1.54, 1.807) is 0 Å². The average molecular weight is 308 g/mol. The third kappa shape index (κ3) is 2.73. The number of ether oxygens (including phenoxy) is 2. The van der Waals surface area contributed by atoms with Crippen LogP contribution in [0, 0.1) is 17.3 Å². The maximum absolute atomic E-state index is 12.5. The summed E-state index contributed by atoms with van der Waals surface area (Å²) in [6.07, 6.45) is 7.46. The fourth-order valence-corrected chi connectivity index (χ4v) is 4.30. The lowest BCUT2D eigenvalue weighted by Gasteiger charge is -2.40. The van der Waals surface area contributed by atoms with Gasteiger partial charge in [0.2, 0.25) is 0 Å². The Morgan fingerprint density at radius 2 is 1.91 bits per heavy atom. The molecule has 0 bridgehead atoms. The summed E-state index contributed by atoms with van der Waals surface area (Å²) >= 11 is 0. The quantitative estimate of drug-likeness (QED) is 0.867. The van der Waals surface area contributed by atoms with Crippen LogP contribution in [0.1, 0.15) is 45.4 Å². The van der Waals surface area contributed by atoms with Crippen molar-refractivity contribution in [2.75, 3.05) is 32.8 Å². The van der Waals surface area contributed by atoms with Crippen molar-refractivity contribution in [2.45, 2.75) is 51.2 Å². The maximum atomic E-state index is 12.5. The first-order valence-electron chi connectivity index (χ1n) is 8.92. The van der Waals surface area contributed by atoms with E-state index in [1.807, 2.05) is 11.8 Å². The average Bonchev–Trinajstić information content (AvgIpc) is 3.44. The lowest BCUT2D eigenvalue weighted by atomic mass is 9.90. The lowest BCUT2D eigenvalue weighted by molar-refractivity contribution is -0.189. The molecule has 1 atom stereocenters. The molecule has 2 aliphatic heterocycles. The monoisotopic (exact) mass is 308 g/mol. The van der Waals surface area contributed by atoms with Crippen LogP contribution in [0.5, 0.6) is 0 Å². The fourth-order valence-electron chi connectivity index (χ4n) is 4.30.